The molecule has 0 aromatic heterocycles. The number of rotatable bonds is 18. The highest BCUT2D eigenvalue weighted by Gasteiger charge is 2.35. The van der Waals surface area contributed by atoms with Crippen molar-refractivity contribution in [2.24, 2.45) is 0 Å². The van der Waals surface area contributed by atoms with E-state index in [1.54, 1.807) is 51.1 Å². The van der Waals surface area contributed by atoms with Crippen LogP contribution in [0.25, 0.3) is 0 Å². The van der Waals surface area contributed by atoms with Gasteiger partial charge in [0.1, 0.15) is 23.5 Å². The van der Waals surface area contributed by atoms with Crippen LogP contribution in [0, 0.1) is 0 Å². The molecule has 2 atom stereocenters. The molecule has 2 rings (SSSR count). The van der Waals surface area contributed by atoms with Crippen molar-refractivity contribution in [3.63, 3.8) is 0 Å². The Morgan fingerprint density at radius 2 is 1.38 bits per heavy atom. The Kier molecular flexibility index (Phi) is 14.7. The van der Waals surface area contributed by atoms with Crippen molar-refractivity contribution in [3.8, 4) is 0 Å². The number of amides is 1. The fourth-order valence-electron chi connectivity index (χ4n) is 4.53. The van der Waals surface area contributed by atoms with Crippen LogP contribution in [-0.4, -0.2) is 43.2 Å². The second kappa shape index (κ2) is 17.7. The van der Waals surface area contributed by atoms with Gasteiger partial charge in [0.2, 0.25) is 0 Å². The molecule has 0 aliphatic heterocycles. The van der Waals surface area contributed by atoms with Crippen LogP contribution in [0.1, 0.15) is 97.5 Å². The van der Waals surface area contributed by atoms with Gasteiger partial charge in [0.15, 0.2) is 15.6 Å². The number of hydrogen-bond donors (Lipinski definition) is 1. The molecular weight excluding hydrogens is 554 g/mol. The van der Waals surface area contributed by atoms with Crippen LogP contribution in [0.3, 0.4) is 0 Å². The number of alkyl carbamates (subject to hydrolysis) is 1. The highest BCUT2D eigenvalue weighted by molar-refractivity contribution is 7.92. The Morgan fingerprint density at radius 3 is 1.98 bits per heavy atom. The molecule has 0 heterocycles. The molecule has 2 aromatic carbocycles. The molecule has 0 aliphatic rings. The van der Waals surface area contributed by atoms with Crippen LogP contribution < -0.4 is 5.32 Å². The number of Topliss-reactive ketones (excluding diaryl/α,β-unsaturated/α-hetero) is 1. The lowest BCUT2D eigenvalue weighted by molar-refractivity contribution is -0.157. The van der Waals surface area contributed by atoms with E-state index in [9.17, 15) is 22.8 Å². The third kappa shape index (κ3) is 12.8. The van der Waals surface area contributed by atoms with Gasteiger partial charge in [-0.3, -0.25) is 4.79 Å². The summed E-state index contributed by atoms with van der Waals surface area (Å²) in [5.41, 5.74) is -0.0541. The van der Waals surface area contributed by atoms with Crippen LogP contribution in [-0.2, 0) is 35.5 Å². The first kappa shape index (κ1) is 35.0. The standard InChI is InChI=1S/C33H47NO7S/c1-5-6-7-8-9-10-17-22-30(42(38,39)27-20-15-12-16-21-27)29(35)24-23-28(31(36)41-33(2,3)4)34-32(37)40-25-26-18-13-11-14-19-26/h11-16,18-21,28,30H,5-10,17,22-25H2,1-4H3,(H,34,37)/t28-,30?/m0/s1. The van der Waals surface area contributed by atoms with Crippen molar-refractivity contribution < 1.29 is 32.3 Å². The number of esters is 1. The van der Waals surface area contributed by atoms with Crippen molar-refractivity contribution in [3.05, 3.63) is 66.2 Å². The Balaban J connectivity index is 2.12. The SMILES string of the molecule is CCCCCCCCCC(C(=O)CC[C@H](NC(=O)OCc1ccccc1)C(=O)OC(C)(C)C)S(=O)(=O)c1ccccc1. The lowest BCUT2D eigenvalue weighted by Gasteiger charge is -2.25. The third-order valence-corrected chi connectivity index (χ3v) is 8.93. The quantitative estimate of drug-likeness (QED) is 0.145. The van der Waals surface area contributed by atoms with E-state index in [1.165, 1.54) is 18.6 Å². The smallest absolute Gasteiger partial charge is 0.408 e. The van der Waals surface area contributed by atoms with E-state index in [4.69, 9.17) is 9.47 Å². The summed E-state index contributed by atoms with van der Waals surface area (Å²) in [5, 5.41) is 1.28. The highest BCUT2D eigenvalue weighted by Crippen LogP contribution is 2.24. The molecule has 9 heteroatoms. The molecule has 2 aromatic rings. The molecule has 8 nitrogen and oxygen atoms in total. The van der Waals surface area contributed by atoms with E-state index in [2.05, 4.69) is 12.2 Å². The molecule has 1 unspecified atom stereocenters. The topological polar surface area (TPSA) is 116 Å². The number of nitrogens with one attached hydrogen (secondary N) is 1. The lowest BCUT2D eigenvalue weighted by Crippen LogP contribution is -2.45. The van der Waals surface area contributed by atoms with Gasteiger partial charge in [-0.05, 0) is 51.3 Å². The normalized spacial score (nSPS) is 13.1. The number of ether oxygens (including phenoxy) is 2. The molecule has 1 N–H and O–H groups in total. The average molecular weight is 602 g/mol. The first-order valence-electron chi connectivity index (χ1n) is 15.0. The van der Waals surface area contributed by atoms with E-state index in [-0.39, 0.29) is 30.8 Å². The maximum absolute atomic E-state index is 13.5. The second-order valence-corrected chi connectivity index (χ2v) is 13.7. The van der Waals surface area contributed by atoms with Crippen LogP contribution in [0.2, 0.25) is 0 Å². The van der Waals surface area contributed by atoms with Crippen molar-refractivity contribution in [1.82, 2.24) is 5.32 Å². The Bertz CT molecular complexity index is 1210. The summed E-state index contributed by atoms with van der Waals surface area (Å²) in [7, 11) is -3.94. The van der Waals surface area contributed by atoms with Crippen LogP contribution >= 0.6 is 0 Å². The molecule has 0 fully saturated rings. The van der Waals surface area contributed by atoms with Crippen molar-refractivity contribution >= 4 is 27.7 Å². The number of hydrogen-bond acceptors (Lipinski definition) is 7. The number of carbonyl (C=O) groups excluding carboxylic acids is 3. The number of unbranched alkanes of at least 4 members (excludes halogenated alkanes) is 6. The Labute approximate surface area is 251 Å². The number of carbonyl (C=O) groups is 3. The third-order valence-electron chi connectivity index (χ3n) is 6.75. The molecule has 0 bridgehead atoms. The van der Waals surface area contributed by atoms with E-state index in [0.717, 1.165) is 37.7 Å². The number of sulfone groups is 1. The molecule has 0 saturated carbocycles. The van der Waals surface area contributed by atoms with Gasteiger partial charge in [-0.2, -0.15) is 0 Å². The first-order valence-corrected chi connectivity index (χ1v) is 16.5. The molecule has 232 valence electrons. The summed E-state index contributed by atoms with van der Waals surface area (Å²) in [6.45, 7) is 7.26. The number of benzene rings is 2. The van der Waals surface area contributed by atoms with E-state index in [0.29, 0.717) is 6.42 Å². The highest BCUT2D eigenvalue weighted by atomic mass is 32.2. The molecule has 0 radical (unpaired) electrons. The van der Waals surface area contributed by atoms with Gasteiger partial charge >= 0.3 is 12.1 Å². The Morgan fingerprint density at radius 1 is 0.810 bits per heavy atom. The summed E-state index contributed by atoms with van der Waals surface area (Å²) in [6, 6.07) is 15.9. The summed E-state index contributed by atoms with van der Waals surface area (Å²) in [4.78, 5) is 39.1. The largest absolute Gasteiger partial charge is 0.458 e. The first-order chi connectivity index (χ1) is 19.9. The fourth-order valence-corrected chi connectivity index (χ4v) is 6.33. The minimum absolute atomic E-state index is 0.00246. The van der Waals surface area contributed by atoms with E-state index >= 15 is 0 Å². The molecular formula is C33H47NO7S. The van der Waals surface area contributed by atoms with Crippen LogP contribution in [0.5, 0.6) is 0 Å². The molecule has 0 saturated heterocycles. The van der Waals surface area contributed by atoms with Crippen molar-refractivity contribution in [1.29, 1.82) is 0 Å². The zero-order valence-electron chi connectivity index (χ0n) is 25.5. The van der Waals surface area contributed by atoms with Crippen LogP contribution in [0.15, 0.2) is 65.6 Å². The fraction of sp³-hybridized carbons (Fsp3) is 0.545. The van der Waals surface area contributed by atoms with Crippen molar-refractivity contribution in [2.75, 3.05) is 0 Å². The zero-order chi connectivity index (χ0) is 31.0. The summed E-state index contributed by atoms with van der Waals surface area (Å²) in [5.74, 6) is -1.21. The van der Waals surface area contributed by atoms with Gasteiger partial charge in [-0.15, -0.1) is 0 Å². The van der Waals surface area contributed by atoms with Gasteiger partial charge in [0.05, 0.1) is 4.90 Å². The summed E-state index contributed by atoms with van der Waals surface area (Å²) >= 11 is 0. The van der Waals surface area contributed by atoms with Gasteiger partial charge < -0.3 is 14.8 Å². The molecule has 42 heavy (non-hydrogen) atoms. The molecule has 0 aliphatic carbocycles. The van der Waals surface area contributed by atoms with E-state index < -0.39 is 44.6 Å². The summed E-state index contributed by atoms with van der Waals surface area (Å²) < 4.78 is 37.8. The van der Waals surface area contributed by atoms with Gasteiger partial charge in [-0.1, -0.05) is 100 Å². The molecule has 0 spiro atoms. The maximum atomic E-state index is 13.5. The lowest BCUT2D eigenvalue weighted by atomic mass is 10.0. The Hall–Kier alpha value is -3.20. The van der Waals surface area contributed by atoms with Gasteiger partial charge in [-0.25, -0.2) is 18.0 Å². The zero-order valence-corrected chi connectivity index (χ0v) is 26.3. The second-order valence-electron chi connectivity index (χ2n) is 11.6. The predicted molar refractivity (Wildman–Crippen MR) is 164 cm³/mol. The molecule has 1 amide bonds. The minimum atomic E-state index is -3.94. The number of ketones is 1. The monoisotopic (exact) mass is 601 g/mol. The maximum Gasteiger partial charge on any atom is 0.408 e. The van der Waals surface area contributed by atoms with Crippen molar-refractivity contribution in [2.45, 2.75) is 120 Å². The average Bonchev–Trinajstić information content (AvgIpc) is 2.95. The van der Waals surface area contributed by atoms with E-state index in [1.807, 2.05) is 18.2 Å². The summed E-state index contributed by atoms with van der Waals surface area (Å²) in [6.07, 6.45) is 6.01. The minimum Gasteiger partial charge on any atom is -0.458 e. The van der Waals surface area contributed by atoms with Gasteiger partial charge in [0, 0.05) is 6.42 Å². The van der Waals surface area contributed by atoms with Crippen LogP contribution in [0.4, 0.5) is 4.79 Å². The van der Waals surface area contributed by atoms with Gasteiger partial charge in [0.25, 0.3) is 0 Å². The predicted octanol–water partition coefficient (Wildman–Crippen LogP) is 6.96.